The molecule has 0 radical (unpaired) electrons. The Hall–Kier alpha value is -2.91. The van der Waals surface area contributed by atoms with Crippen LogP contribution in [0.5, 0.6) is 5.75 Å². The zero-order valence-electron chi connectivity index (χ0n) is 16.8. The number of benzene rings is 3. The molecule has 0 aromatic heterocycles. The largest absolute Gasteiger partial charge is 0.494 e. The van der Waals surface area contributed by atoms with E-state index in [0.717, 1.165) is 24.2 Å². The molecule has 0 amide bonds. The van der Waals surface area contributed by atoms with Gasteiger partial charge in [0.25, 0.3) is 0 Å². The maximum Gasteiger partial charge on any atom is 0.193 e. The van der Waals surface area contributed by atoms with E-state index in [1.807, 2.05) is 73.7 Å². The number of hydrogen-bond donors (Lipinski definition) is 0. The van der Waals surface area contributed by atoms with Crippen LogP contribution in [0.4, 0.5) is 0 Å². The lowest BCUT2D eigenvalue weighted by molar-refractivity contribution is 0.0998. The summed E-state index contributed by atoms with van der Waals surface area (Å²) in [4.78, 5) is 12.6. The van der Waals surface area contributed by atoms with Crippen molar-refractivity contribution in [2.75, 3.05) is 13.2 Å². The van der Waals surface area contributed by atoms with Crippen LogP contribution in [0.15, 0.2) is 78.9 Å². The Labute approximate surface area is 172 Å². The van der Waals surface area contributed by atoms with Crippen LogP contribution in [0.1, 0.15) is 46.8 Å². The van der Waals surface area contributed by atoms with Crippen molar-refractivity contribution >= 4 is 5.78 Å². The Kier molecular flexibility index (Phi) is 5.77. The molecule has 0 aliphatic heterocycles. The van der Waals surface area contributed by atoms with Gasteiger partial charge in [0.2, 0.25) is 0 Å². The highest BCUT2D eigenvalue weighted by Crippen LogP contribution is 2.48. The van der Waals surface area contributed by atoms with Crippen LogP contribution in [0.2, 0.25) is 0 Å². The fourth-order valence-corrected chi connectivity index (χ4v) is 3.66. The number of rotatable bonds is 9. The van der Waals surface area contributed by atoms with Crippen LogP contribution in [0, 0.1) is 0 Å². The van der Waals surface area contributed by atoms with Crippen molar-refractivity contribution in [2.24, 2.45) is 0 Å². The fourth-order valence-electron chi connectivity index (χ4n) is 3.66. The minimum absolute atomic E-state index is 0.0421. The average Bonchev–Trinajstić information content (AvgIpc) is 3.56. The predicted octanol–water partition coefficient (Wildman–Crippen LogP) is 5.56. The summed E-state index contributed by atoms with van der Waals surface area (Å²) >= 11 is 0. The molecule has 0 heterocycles. The molecule has 1 fully saturated rings. The van der Waals surface area contributed by atoms with Gasteiger partial charge in [0.05, 0.1) is 19.8 Å². The summed E-state index contributed by atoms with van der Waals surface area (Å²) < 4.78 is 11.6. The first-order valence-corrected chi connectivity index (χ1v) is 10.2. The van der Waals surface area contributed by atoms with Crippen molar-refractivity contribution in [2.45, 2.75) is 31.8 Å². The average molecular weight is 386 g/mol. The molecule has 0 bridgehead atoms. The van der Waals surface area contributed by atoms with Gasteiger partial charge in [0, 0.05) is 16.5 Å². The maximum atomic E-state index is 12.6. The van der Waals surface area contributed by atoms with Crippen LogP contribution >= 0.6 is 0 Å². The Morgan fingerprint density at radius 1 is 0.897 bits per heavy atom. The second kappa shape index (κ2) is 8.62. The Morgan fingerprint density at radius 3 is 2.31 bits per heavy atom. The van der Waals surface area contributed by atoms with Gasteiger partial charge >= 0.3 is 0 Å². The third kappa shape index (κ3) is 4.57. The number of carbonyl (C=O) groups excluding carboxylic acids is 1. The molecule has 3 aromatic carbocycles. The summed E-state index contributed by atoms with van der Waals surface area (Å²) in [6.07, 6.45) is 2.29. The molecule has 0 atom stereocenters. The van der Waals surface area contributed by atoms with E-state index >= 15 is 0 Å². The zero-order valence-corrected chi connectivity index (χ0v) is 16.8. The first kappa shape index (κ1) is 19.4. The summed E-state index contributed by atoms with van der Waals surface area (Å²) in [6, 6.07) is 25.5. The molecule has 3 aromatic rings. The van der Waals surface area contributed by atoms with Crippen LogP contribution < -0.4 is 4.74 Å². The quantitative estimate of drug-likeness (QED) is 0.451. The van der Waals surface area contributed by atoms with Gasteiger partial charge in [-0.15, -0.1) is 0 Å². The van der Waals surface area contributed by atoms with E-state index in [1.54, 1.807) is 0 Å². The van der Waals surface area contributed by atoms with E-state index in [2.05, 4.69) is 12.1 Å². The predicted molar refractivity (Wildman–Crippen MR) is 114 cm³/mol. The summed E-state index contributed by atoms with van der Waals surface area (Å²) in [6.45, 7) is 3.87. The van der Waals surface area contributed by atoms with Crippen molar-refractivity contribution in [3.05, 3.63) is 101 Å². The Morgan fingerprint density at radius 2 is 1.62 bits per heavy atom. The molecule has 3 nitrogen and oxygen atoms in total. The van der Waals surface area contributed by atoms with Gasteiger partial charge in [-0.2, -0.15) is 0 Å². The summed E-state index contributed by atoms with van der Waals surface area (Å²) in [5.41, 5.74) is 3.87. The molecule has 1 aliphatic rings. The van der Waals surface area contributed by atoms with E-state index in [-0.39, 0.29) is 11.2 Å². The van der Waals surface area contributed by atoms with Gasteiger partial charge in [-0.1, -0.05) is 60.7 Å². The monoisotopic (exact) mass is 386 g/mol. The minimum atomic E-state index is 0.0421. The van der Waals surface area contributed by atoms with Crippen molar-refractivity contribution in [3.63, 3.8) is 0 Å². The first-order valence-electron chi connectivity index (χ1n) is 10.2. The standard InChI is InChI=1S/C26H26O3/c1-2-29-24-13-11-23(12-14-24)26(15-16-26)19-28-18-20-7-6-10-22(17-20)25(27)21-8-4-3-5-9-21/h3-14,17H,2,15-16,18-19H2,1H3. The van der Waals surface area contributed by atoms with Crippen LogP contribution in [-0.4, -0.2) is 19.0 Å². The van der Waals surface area contributed by atoms with Gasteiger partial charge in [-0.05, 0) is 49.1 Å². The molecule has 29 heavy (non-hydrogen) atoms. The molecule has 3 heteroatoms. The topological polar surface area (TPSA) is 35.5 Å². The summed E-state index contributed by atoms with van der Waals surface area (Å²) in [5, 5.41) is 0. The highest BCUT2D eigenvalue weighted by atomic mass is 16.5. The molecule has 0 unspecified atom stereocenters. The van der Waals surface area contributed by atoms with Crippen LogP contribution in [0.3, 0.4) is 0 Å². The third-order valence-corrected chi connectivity index (χ3v) is 5.50. The van der Waals surface area contributed by atoms with Gasteiger partial charge < -0.3 is 9.47 Å². The minimum Gasteiger partial charge on any atom is -0.494 e. The fraction of sp³-hybridized carbons (Fsp3) is 0.269. The molecule has 0 saturated heterocycles. The number of hydrogen-bond acceptors (Lipinski definition) is 3. The highest BCUT2D eigenvalue weighted by Gasteiger charge is 2.44. The lowest BCUT2D eigenvalue weighted by atomic mass is 9.97. The molecule has 0 N–H and O–H groups in total. The second-order valence-corrected chi connectivity index (χ2v) is 7.63. The van der Waals surface area contributed by atoms with Crippen molar-refractivity contribution in [1.82, 2.24) is 0 Å². The van der Waals surface area contributed by atoms with Crippen molar-refractivity contribution in [1.29, 1.82) is 0 Å². The summed E-state index contributed by atoms with van der Waals surface area (Å²) in [5.74, 6) is 0.952. The highest BCUT2D eigenvalue weighted by molar-refractivity contribution is 6.09. The molecular formula is C26H26O3. The van der Waals surface area contributed by atoms with Gasteiger partial charge in [0.15, 0.2) is 5.78 Å². The SMILES string of the molecule is CCOc1ccc(C2(COCc3cccc(C(=O)c4ccccc4)c3)CC2)cc1. The van der Waals surface area contributed by atoms with E-state index in [4.69, 9.17) is 9.47 Å². The molecule has 4 rings (SSSR count). The molecule has 148 valence electrons. The van der Waals surface area contributed by atoms with Gasteiger partial charge in [-0.25, -0.2) is 0 Å². The lowest BCUT2D eigenvalue weighted by Crippen LogP contribution is -2.15. The molecule has 0 spiro atoms. The molecular weight excluding hydrogens is 360 g/mol. The normalized spacial score (nSPS) is 14.4. The van der Waals surface area contributed by atoms with E-state index in [1.165, 1.54) is 5.56 Å². The first-order chi connectivity index (χ1) is 14.2. The van der Waals surface area contributed by atoms with Crippen molar-refractivity contribution in [3.8, 4) is 5.75 Å². The number of ketones is 1. The van der Waals surface area contributed by atoms with Gasteiger partial charge in [-0.3, -0.25) is 4.79 Å². The van der Waals surface area contributed by atoms with E-state index in [9.17, 15) is 4.79 Å². The van der Waals surface area contributed by atoms with Crippen molar-refractivity contribution < 1.29 is 14.3 Å². The Balaban J connectivity index is 1.37. The maximum absolute atomic E-state index is 12.6. The van der Waals surface area contributed by atoms with E-state index < -0.39 is 0 Å². The zero-order chi connectivity index (χ0) is 20.1. The van der Waals surface area contributed by atoms with Crippen LogP contribution in [-0.2, 0) is 16.8 Å². The Bertz CT molecular complexity index is 957. The van der Waals surface area contributed by atoms with Gasteiger partial charge in [0.1, 0.15) is 5.75 Å². The van der Waals surface area contributed by atoms with Crippen LogP contribution in [0.25, 0.3) is 0 Å². The molecule has 1 saturated carbocycles. The smallest absolute Gasteiger partial charge is 0.193 e. The molecule has 1 aliphatic carbocycles. The number of carbonyl (C=O) groups is 1. The lowest BCUT2D eigenvalue weighted by Gasteiger charge is -2.17. The summed E-state index contributed by atoms with van der Waals surface area (Å²) in [7, 11) is 0. The number of ether oxygens (including phenoxy) is 2. The van der Waals surface area contributed by atoms with E-state index in [0.29, 0.717) is 30.9 Å². The second-order valence-electron chi connectivity index (χ2n) is 7.63. The third-order valence-electron chi connectivity index (χ3n) is 5.50.